The van der Waals surface area contributed by atoms with E-state index in [0.717, 1.165) is 0 Å². The second kappa shape index (κ2) is 8.10. The first kappa shape index (κ1) is 21.0. The number of phenols is 1. The van der Waals surface area contributed by atoms with Crippen LogP contribution in [-0.4, -0.2) is 25.0 Å². The van der Waals surface area contributed by atoms with Crippen LogP contribution in [0.1, 0.15) is 17.0 Å². The fourth-order valence-electron chi connectivity index (χ4n) is 3.09. The summed E-state index contributed by atoms with van der Waals surface area (Å²) in [6, 6.07) is 16.6. The van der Waals surface area contributed by atoms with E-state index in [1.165, 1.54) is 23.1 Å². The summed E-state index contributed by atoms with van der Waals surface area (Å²) < 4.78 is 1.40. The number of aromatic hydroxyl groups is 1. The molecule has 0 unspecified atom stereocenters. The molecule has 0 spiro atoms. The Balaban J connectivity index is 1.89. The minimum Gasteiger partial charge on any atom is -0.505 e. The van der Waals surface area contributed by atoms with Crippen LogP contribution in [0.25, 0.3) is 5.69 Å². The number of hydrogen-bond acceptors (Lipinski definition) is 4. The van der Waals surface area contributed by atoms with Gasteiger partial charge in [0.2, 0.25) is 0 Å². The van der Waals surface area contributed by atoms with E-state index in [2.05, 4.69) is 10.1 Å². The number of rotatable bonds is 4. The lowest BCUT2D eigenvalue weighted by molar-refractivity contribution is 0.115. The molecule has 3 aromatic carbocycles. The summed E-state index contributed by atoms with van der Waals surface area (Å²) in [5.74, 6) is -0.135. The van der Waals surface area contributed by atoms with Crippen LogP contribution in [0, 0.1) is 0 Å². The van der Waals surface area contributed by atoms with Crippen molar-refractivity contribution in [3.8, 4) is 11.4 Å². The molecule has 2 N–H and O–H groups in total. The maximum Gasteiger partial charge on any atom is 0.192 e. The summed E-state index contributed by atoms with van der Waals surface area (Å²) in [5, 5.41) is 27.1. The third-order valence-electron chi connectivity index (χ3n) is 4.57. The van der Waals surface area contributed by atoms with Crippen molar-refractivity contribution in [1.82, 2.24) is 14.8 Å². The van der Waals surface area contributed by atoms with Gasteiger partial charge in [0.1, 0.15) is 6.33 Å². The third-order valence-corrected chi connectivity index (χ3v) is 5.61. The van der Waals surface area contributed by atoms with Crippen molar-refractivity contribution in [2.75, 3.05) is 0 Å². The van der Waals surface area contributed by atoms with Crippen LogP contribution >= 0.6 is 46.4 Å². The fraction of sp³-hybridized carbons (Fsp3) is 0.0476. The van der Waals surface area contributed by atoms with Gasteiger partial charge in [-0.3, -0.25) is 0 Å². The Morgan fingerprint density at radius 1 is 0.800 bits per heavy atom. The van der Waals surface area contributed by atoms with Gasteiger partial charge in [0.05, 0.1) is 15.7 Å². The van der Waals surface area contributed by atoms with Gasteiger partial charge in [0, 0.05) is 10.0 Å². The molecule has 5 nitrogen and oxygen atoms in total. The lowest BCUT2D eigenvalue weighted by Gasteiger charge is -2.26. The Bertz CT molecular complexity index is 1170. The van der Waals surface area contributed by atoms with Gasteiger partial charge in [-0.1, -0.05) is 70.7 Å². The van der Waals surface area contributed by atoms with Gasteiger partial charge in [-0.2, -0.15) is 0 Å². The Hall–Kier alpha value is -2.28. The van der Waals surface area contributed by atoms with Gasteiger partial charge in [-0.15, -0.1) is 5.10 Å². The number of phenolic OH excluding ortho intramolecular Hbond substituents is 1. The largest absolute Gasteiger partial charge is 0.505 e. The topological polar surface area (TPSA) is 71.2 Å². The molecule has 0 aliphatic rings. The zero-order chi connectivity index (χ0) is 21.5. The molecule has 1 heterocycles. The van der Waals surface area contributed by atoms with E-state index in [-0.39, 0.29) is 21.6 Å². The van der Waals surface area contributed by atoms with Gasteiger partial charge in [-0.05, 0) is 47.5 Å². The summed E-state index contributed by atoms with van der Waals surface area (Å²) in [5.41, 5.74) is -0.333. The van der Waals surface area contributed by atoms with Gasteiger partial charge in [0.25, 0.3) is 0 Å². The number of nitrogens with zero attached hydrogens (tertiary/aromatic N) is 3. The lowest BCUT2D eigenvalue weighted by Crippen LogP contribution is -2.30. The monoisotopic (exact) mass is 479 g/mol. The molecule has 0 bridgehead atoms. The number of benzene rings is 3. The van der Waals surface area contributed by atoms with Gasteiger partial charge >= 0.3 is 0 Å². The van der Waals surface area contributed by atoms with Crippen LogP contribution in [0.3, 0.4) is 0 Å². The number of aliphatic hydroxyl groups is 1. The highest BCUT2D eigenvalue weighted by atomic mass is 35.5. The zero-order valence-corrected chi connectivity index (χ0v) is 18.1. The highest BCUT2D eigenvalue weighted by Gasteiger charge is 2.38. The first-order valence-electron chi connectivity index (χ1n) is 8.64. The molecule has 0 aliphatic heterocycles. The summed E-state index contributed by atoms with van der Waals surface area (Å²) >= 11 is 24.4. The molecule has 4 rings (SSSR count). The number of aromatic nitrogens is 3. The number of halogens is 4. The average molecular weight is 481 g/mol. The molecular weight excluding hydrogens is 468 g/mol. The van der Waals surface area contributed by atoms with E-state index >= 15 is 0 Å². The molecule has 0 saturated carbocycles. The molecule has 0 radical (unpaired) electrons. The first-order valence-corrected chi connectivity index (χ1v) is 10.1. The van der Waals surface area contributed by atoms with Crippen molar-refractivity contribution in [1.29, 1.82) is 0 Å². The van der Waals surface area contributed by atoms with Gasteiger partial charge in [-0.25, -0.2) is 9.67 Å². The quantitative estimate of drug-likeness (QED) is 0.383. The molecule has 9 heteroatoms. The summed E-state index contributed by atoms with van der Waals surface area (Å²) in [7, 11) is 0. The fourth-order valence-corrected chi connectivity index (χ4v) is 3.95. The van der Waals surface area contributed by atoms with Crippen molar-refractivity contribution in [2.45, 2.75) is 5.60 Å². The van der Waals surface area contributed by atoms with Crippen LogP contribution in [0.4, 0.5) is 0 Å². The van der Waals surface area contributed by atoms with Gasteiger partial charge in [0.15, 0.2) is 17.2 Å². The lowest BCUT2D eigenvalue weighted by atomic mass is 9.85. The molecule has 0 saturated heterocycles. The van der Waals surface area contributed by atoms with Gasteiger partial charge < -0.3 is 10.2 Å². The van der Waals surface area contributed by atoms with Crippen molar-refractivity contribution < 1.29 is 10.2 Å². The molecule has 0 atom stereocenters. The van der Waals surface area contributed by atoms with Crippen molar-refractivity contribution in [3.63, 3.8) is 0 Å². The smallest absolute Gasteiger partial charge is 0.192 e. The van der Waals surface area contributed by atoms with Crippen LogP contribution < -0.4 is 0 Å². The van der Waals surface area contributed by atoms with E-state index in [1.54, 1.807) is 48.5 Å². The van der Waals surface area contributed by atoms with Crippen LogP contribution in [0.15, 0.2) is 67.0 Å². The standard InChI is InChI=1S/C21H13Cl4N3O2/c22-14-5-1-3-12(7-14)21(30,13-4-2-6-15(23)8-13)20-26-11-28(27-20)16-9-17(24)19(29)18(25)10-16/h1-11,29-30H. The number of hydrogen-bond donors (Lipinski definition) is 2. The van der Waals surface area contributed by atoms with E-state index in [1.807, 2.05) is 0 Å². The first-order chi connectivity index (χ1) is 14.3. The summed E-state index contributed by atoms with van der Waals surface area (Å²) in [4.78, 5) is 4.33. The highest BCUT2D eigenvalue weighted by molar-refractivity contribution is 6.37. The third kappa shape index (κ3) is 3.75. The summed E-state index contributed by atoms with van der Waals surface area (Å²) in [6.45, 7) is 0. The minimum atomic E-state index is -1.73. The molecule has 0 amide bonds. The highest BCUT2D eigenvalue weighted by Crippen LogP contribution is 2.38. The molecule has 0 aliphatic carbocycles. The van der Waals surface area contributed by atoms with Crippen molar-refractivity contribution in [3.05, 3.63) is 104 Å². The molecule has 30 heavy (non-hydrogen) atoms. The van der Waals surface area contributed by atoms with Crippen LogP contribution in [0.2, 0.25) is 20.1 Å². The maximum absolute atomic E-state index is 11.8. The normalized spacial score (nSPS) is 11.6. The molecule has 1 aromatic heterocycles. The Labute approximate surface area is 192 Å². The Morgan fingerprint density at radius 3 is 1.83 bits per heavy atom. The van der Waals surface area contributed by atoms with E-state index in [0.29, 0.717) is 26.9 Å². The van der Waals surface area contributed by atoms with Crippen molar-refractivity contribution in [2.24, 2.45) is 0 Å². The van der Waals surface area contributed by atoms with E-state index < -0.39 is 5.60 Å². The molecule has 4 aromatic rings. The van der Waals surface area contributed by atoms with Crippen LogP contribution in [0.5, 0.6) is 5.75 Å². The maximum atomic E-state index is 11.8. The average Bonchev–Trinajstić information content (AvgIpc) is 3.22. The second-order valence-corrected chi connectivity index (χ2v) is 8.19. The van der Waals surface area contributed by atoms with Crippen molar-refractivity contribution >= 4 is 46.4 Å². The SMILES string of the molecule is Oc1c(Cl)cc(-n2cnc(C(O)(c3cccc(Cl)c3)c3cccc(Cl)c3)n2)cc1Cl. The Morgan fingerprint density at radius 2 is 1.33 bits per heavy atom. The minimum absolute atomic E-state index is 0.0643. The summed E-state index contributed by atoms with van der Waals surface area (Å²) in [6.07, 6.45) is 1.41. The predicted molar refractivity (Wildman–Crippen MR) is 118 cm³/mol. The Kier molecular flexibility index (Phi) is 5.66. The van der Waals surface area contributed by atoms with E-state index in [9.17, 15) is 10.2 Å². The predicted octanol–water partition coefficient (Wildman–Crippen LogP) is 5.87. The van der Waals surface area contributed by atoms with E-state index in [4.69, 9.17) is 46.4 Å². The zero-order valence-electron chi connectivity index (χ0n) is 15.1. The molecular formula is C21H13Cl4N3O2. The molecule has 152 valence electrons. The van der Waals surface area contributed by atoms with Crippen LogP contribution in [-0.2, 0) is 5.60 Å². The second-order valence-electron chi connectivity index (χ2n) is 6.50. The molecule has 0 fully saturated rings.